The Morgan fingerprint density at radius 2 is 2.00 bits per heavy atom. The summed E-state index contributed by atoms with van der Waals surface area (Å²) in [5, 5.41) is 22.3. The average molecular weight is 288 g/mol. The second-order valence-electron chi connectivity index (χ2n) is 5.05. The normalized spacial score (nSPS) is 28.6. The smallest absolute Gasteiger partial charge is 0.326 e. The first-order chi connectivity index (χ1) is 9.08. The fourth-order valence-electron chi connectivity index (χ4n) is 2.56. The highest BCUT2D eigenvalue weighted by Crippen LogP contribution is 2.23. The van der Waals surface area contributed by atoms with Crippen molar-refractivity contribution in [3.63, 3.8) is 0 Å². The van der Waals surface area contributed by atoms with Crippen molar-refractivity contribution in [2.24, 2.45) is 0 Å². The number of nitrogens with zero attached hydrogens (tertiary/aromatic N) is 1. The van der Waals surface area contributed by atoms with Crippen molar-refractivity contribution in [1.29, 1.82) is 0 Å². The molecule has 0 aliphatic carbocycles. The molecule has 2 rings (SSSR count). The number of thioether (sulfide) groups is 1. The molecule has 2 heterocycles. The maximum Gasteiger partial charge on any atom is 0.326 e. The number of rotatable bonds is 4. The van der Waals surface area contributed by atoms with Crippen LogP contribution in [0.4, 0.5) is 0 Å². The number of hydrogen-bond donors (Lipinski definition) is 3. The predicted octanol–water partition coefficient (Wildman–Crippen LogP) is -0.482. The van der Waals surface area contributed by atoms with E-state index in [1.54, 1.807) is 11.8 Å². The monoisotopic (exact) mass is 288 g/mol. The molecule has 1 amide bonds. The molecule has 0 saturated carbocycles. The van der Waals surface area contributed by atoms with E-state index >= 15 is 0 Å². The molecular formula is C12H20N2O4S. The van der Waals surface area contributed by atoms with Crippen molar-refractivity contribution < 1.29 is 19.8 Å². The highest BCUT2D eigenvalue weighted by molar-refractivity contribution is 8.00. The molecule has 2 aliphatic rings. The first kappa shape index (κ1) is 14.6. The van der Waals surface area contributed by atoms with Gasteiger partial charge in [-0.1, -0.05) is 0 Å². The largest absolute Gasteiger partial charge is 0.480 e. The zero-order chi connectivity index (χ0) is 13.8. The molecule has 7 heteroatoms. The molecule has 3 N–H and O–H groups in total. The highest BCUT2D eigenvalue weighted by atomic mass is 32.2. The van der Waals surface area contributed by atoms with Gasteiger partial charge < -0.3 is 20.4 Å². The van der Waals surface area contributed by atoms with Gasteiger partial charge in [0.25, 0.3) is 0 Å². The summed E-state index contributed by atoms with van der Waals surface area (Å²) in [7, 11) is 0. The minimum Gasteiger partial charge on any atom is -0.480 e. The van der Waals surface area contributed by atoms with Crippen LogP contribution in [0.5, 0.6) is 0 Å². The Morgan fingerprint density at radius 1 is 1.32 bits per heavy atom. The maximum absolute atomic E-state index is 12.1. The van der Waals surface area contributed by atoms with Crippen molar-refractivity contribution in [2.45, 2.75) is 36.7 Å². The Labute approximate surface area is 116 Å². The zero-order valence-corrected chi connectivity index (χ0v) is 11.6. The standard InChI is InChI=1S/C12H20N2O4S/c15-8-5-10(12(17)18)14(6-8)11(16)7-19-9-1-3-13-4-2-9/h8-10,13,15H,1-7H2,(H,17,18)/t8-,10+/m1/s1. The van der Waals surface area contributed by atoms with Gasteiger partial charge in [-0.2, -0.15) is 0 Å². The Hall–Kier alpha value is -0.790. The van der Waals surface area contributed by atoms with Gasteiger partial charge in [-0.25, -0.2) is 4.79 Å². The first-order valence-corrected chi connectivity index (χ1v) is 7.65. The van der Waals surface area contributed by atoms with Crippen LogP contribution in [0.3, 0.4) is 0 Å². The van der Waals surface area contributed by atoms with E-state index < -0.39 is 18.1 Å². The number of nitrogens with one attached hydrogen (secondary N) is 1. The van der Waals surface area contributed by atoms with E-state index in [0.717, 1.165) is 25.9 Å². The molecule has 0 aromatic rings. The summed E-state index contributed by atoms with van der Waals surface area (Å²) < 4.78 is 0. The number of aliphatic hydroxyl groups is 1. The van der Waals surface area contributed by atoms with E-state index in [-0.39, 0.29) is 18.9 Å². The number of carbonyl (C=O) groups is 2. The van der Waals surface area contributed by atoms with Crippen LogP contribution in [-0.4, -0.2) is 69.8 Å². The number of β-amino-alcohol motifs (C(OH)–C–C–N with tert-alkyl or cyclic N) is 1. The summed E-state index contributed by atoms with van der Waals surface area (Å²) in [6.07, 6.45) is 1.51. The lowest BCUT2D eigenvalue weighted by Crippen LogP contribution is -2.42. The van der Waals surface area contributed by atoms with Gasteiger partial charge >= 0.3 is 5.97 Å². The quantitative estimate of drug-likeness (QED) is 0.647. The SMILES string of the molecule is O=C(O)[C@@H]1C[C@@H](O)CN1C(=O)CSC1CCNCC1. The number of hydrogen-bond acceptors (Lipinski definition) is 5. The van der Waals surface area contributed by atoms with Gasteiger partial charge in [-0.05, 0) is 25.9 Å². The van der Waals surface area contributed by atoms with E-state index in [1.807, 2.05) is 0 Å². The van der Waals surface area contributed by atoms with Crippen LogP contribution in [-0.2, 0) is 9.59 Å². The predicted molar refractivity (Wildman–Crippen MR) is 72.1 cm³/mol. The van der Waals surface area contributed by atoms with Crippen LogP contribution in [0.15, 0.2) is 0 Å². The summed E-state index contributed by atoms with van der Waals surface area (Å²) in [5.74, 6) is -0.898. The molecule has 0 aromatic carbocycles. The number of likely N-dealkylation sites (tertiary alicyclic amines) is 1. The Balaban J connectivity index is 1.82. The molecule has 0 radical (unpaired) electrons. The van der Waals surface area contributed by atoms with Crippen molar-refractivity contribution in [2.75, 3.05) is 25.4 Å². The Morgan fingerprint density at radius 3 is 2.63 bits per heavy atom. The van der Waals surface area contributed by atoms with Gasteiger partial charge in [-0.3, -0.25) is 4.79 Å². The number of aliphatic hydroxyl groups excluding tert-OH is 1. The fraction of sp³-hybridized carbons (Fsp3) is 0.833. The van der Waals surface area contributed by atoms with Crippen molar-refractivity contribution in [1.82, 2.24) is 10.2 Å². The van der Waals surface area contributed by atoms with E-state index in [2.05, 4.69) is 5.32 Å². The van der Waals surface area contributed by atoms with Crippen molar-refractivity contribution >= 4 is 23.6 Å². The van der Waals surface area contributed by atoms with Crippen molar-refractivity contribution in [3.8, 4) is 0 Å². The third-order valence-corrected chi connectivity index (χ3v) is 4.97. The van der Waals surface area contributed by atoms with Gasteiger partial charge in [0.05, 0.1) is 11.9 Å². The minimum atomic E-state index is -1.03. The molecule has 6 nitrogen and oxygen atoms in total. The maximum atomic E-state index is 12.1. The summed E-state index contributed by atoms with van der Waals surface area (Å²) >= 11 is 1.60. The molecule has 0 spiro atoms. The van der Waals surface area contributed by atoms with Gasteiger partial charge in [0.2, 0.25) is 5.91 Å². The van der Waals surface area contributed by atoms with Crippen LogP contribution in [0.1, 0.15) is 19.3 Å². The number of carboxylic acids is 1. The third kappa shape index (κ3) is 3.84. The topological polar surface area (TPSA) is 89.9 Å². The van der Waals surface area contributed by atoms with Gasteiger partial charge in [-0.15, -0.1) is 11.8 Å². The van der Waals surface area contributed by atoms with Gasteiger partial charge in [0, 0.05) is 18.2 Å². The molecule has 0 unspecified atom stereocenters. The Bertz CT molecular complexity index is 347. The first-order valence-electron chi connectivity index (χ1n) is 6.60. The van der Waals surface area contributed by atoms with Crippen LogP contribution in [0, 0.1) is 0 Å². The molecule has 2 aliphatic heterocycles. The summed E-state index contributed by atoms with van der Waals surface area (Å²) in [5.41, 5.74) is 0. The van der Waals surface area contributed by atoms with Crippen molar-refractivity contribution in [3.05, 3.63) is 0 Å². The molecular weight excluding hydrogens is 268 g/mol. The molecule has 0 bridgehead atoms. The second-order valence-corrected chi connectivity index (χ2v) is 6.34. The van der Waals surface area contributed by atoms with Crippen LogP contribution < -0.4 is 5.32 Å². The number of carbonyl (C=O) groups excluding carboxylic acids is 1. The van der Waals surface area contributed by atoms with Gasteiger partial charge in [0.15, 0.2) is 0 Å². The summed E-state index contributed by atoms with van der Waals surface area (Å²) in [6, 6.07) is -0.865. The number of aliphatic carboxylic acids is 1. The average Bonchev–Trinajstić information content (AvgIpc) is 2.79. The van der Waals surface area contributed by atoms with Crippen LogP contribution in [0.2, 0.25) is 0 Å². The second kappa shape index (κ2) is 6.58. The molecule has 2 atom stereocenters. The molecule has 0 aromatic heterocycles. The van der Waals surface area contributed by atoms with Crippen LogP contribution in [0.25, 0.3) is 0 Å². The number of carboxylic acid groups (broad SMARTS) is 1. The molecule has 2 saturated heterocycles. The lowest BCUT2D eigenvalue weighted by molar-refractivity contribution is -0.147. The van der Waals surface area contributed by atoms with Gasteiger partial charge in [0.1, 0.15) is 6.04 Å². The minimum absolute atomic E-state index is 0.138. The highest BCUT2D eigenvalue weighted by Gasteiger charge is 2.38. The van der Waals surface area contributed by atoms with E-state index in [4.69, 9.17) is 5.11 Å². The number of piperidine rings is 1. The van der Waals surface area contributed by atoms with E-state index in [9.17, 15) is 14.7 Å². The van der Waals surface area contributed by atoms with E-state index in [0.29, 0.717) is 11.0 Å². The fourth-order valence-corrected chi connectivity index (χ4v) is 3.67. The molecule has 19 heavy (non-hydrogen) atoms. The zero-order valence-electron chi connectivity index (χ0n) is 10.7. The molecule has 2 fully saturated rings. The Kier molecular flexibility index (Phi) is 5.06. The summed E-state index contributed by atoms with van der Waals surface area (Å²) in [6.45, 7) is 2.10. The number of amides is 1. The summed E-state index contributed by atoms with van der Waals surface area (Å²) in [4.78, 5) is 24.4. The van der Waals surface area contributed by atoms with Crippen LogP contribution >= 0.6 is 11.8 Å². The lowest BCUT2D eigenvalue weighted by Gasteiger charge is -2.24. The third-order valence-electron chi connectivity index (χ3n) is 3.61. The van der Waals surface area contributed by atoms with E-state index in [1.165, 1.54) is 4.90 Å². The molecule has 108 valence electrons. The lowest BCUT2D eigenvalue weighted by atomic mass is 10.2.